The summed E-state index contributed by atoms with van der Waals surface area (Å²) in [6, 6.07) is 18.7. The summed E-state index contributed by atoms with van der Waals surface area (Å²) in [5.41, 5.74) is 6.40. The second kappa shape index (κ2) is 16.7. The molecule has 0 saturated heterocycles. The topological polar surface area (TPSA) is 104 Å². The Hall–Kier alpha value is -3.61. The van der Waals surface area contributed by atoms with Crippen LogP contribution < -0.4 is 5.32 Å². The number of esters is 1. The molecule has 0 spiro atoms. The Labute approximate surface area is 249 Å². The number of benzene rings is 2. The van der Waals surface area contributed by atoms with Gasteiger partial charge in [-0.3, -0.25) is 14.4 Å². The first-order valence-corrected chi connectivity index (χ1v) is 15.9. The van der Waals surface area contributed by atoms with Crippen molar-refractivity contribution in [3.05, 3.63) is 88.2 Å². The number of amides is 1. The zero-order chi connectivity index (χ0) is 30.5. The van der Waals surface area contributed by atoms with Gasteiger partial charge < -0.3 is 14.6 Å². The molecule has 0 aliphatic heterocycles. The van der Waals surface area contributed by atoms with Crippen molar-refractivity contribution in [3.8, 4) is 0 Å². The van der Waals surface area contributed by atoms with Crippen LogP contribution >= 0.6 is 8.03 Å². The molecule has 3 aromatic rings. The molecule has 0 aliphatic carbocycles. The number of rotatable bonds is 17. The van der Waals surface area contributed by atoms with Crippen molar-refractivity contribution in [3.63, 3.8) is 0 Å². The van der Waals surface area contributed by atoms with Gasteiger partial charge in [-0.1, -0.05) is 67.9 Å². The number of carbonyl (C=O) groups excluding carboxylic acids is 3. The van der Waals surface area contributed by atoms with Crippen LogP contribution in [0.25, 0.3) is 0 Å². The largest absolute Gasteiger partial charge is 0.507 e. The summed E-state index contributed by atoms with van der Waals surface area (Å²) in [6.45, 7) is 6.52. The molecule has 42 heavy (non-hydrogen) atoms. The van der Waals surface area contributed by atoms with Gasteiger partial charge in [0.25, 0.3) is 5.91 Å². The highest BCUT2D eigenvalue weighted by Crippen LogP contribution is 2.39. The zero-order valence-electron chi connectivity index (χ0n) is 25.1. The molecule has 0 saturated carbocycles. The molecule has 3 rings (SSSR count). The van der Waals surface area contributed by atoms with Crippen LogP contribution in [0.1, 0.15) is 79.1 Å². The van der Waals surface area contributed by atoms with Gasteiger partial charge in [-0.25, -0.2) is 0 Å². The lowest BCUT2D eigenvalue weighted by molar-refractivity contribution is -0.145. The van der Waals surface area contributed by atoms with Crippen LogP contribution in [-0.2, 0) is 47.6 Å². The number of carbonyl (C=O) groups is 3. The van der Waals surface area contributed by atoms with Crippen LogP contribution in [0.2, 0.25) is 0 Å². The normalized spacial score (nSPS) is 12.0. The van der Waals surface area contributed by atoms with E-state index in [-0.39, 0.29) is 18.9 Å². The van der Waals surface area contributed by atoms with E-state index < -0.39 is 19.9 Å². The summed E-state index contributed by atoms with van der Waals surface area (Å²) in [7, 11) is -0.314. The minimum absolute atomic E-state index is 0.219. The Bertz CT molecular complexity index is 1370. The lowest BCUT2D eigenvalue weighted by Crippen LogP contribution is -2.20. The molecule has 1 heterocycles. The molecule has 0 fully saturated rings. The lowest BCUT2D eigenvalue weighted by atomic mass is 9.91. The Kier molecular flexibility index (Phi) is 13.1. The van der Waals surface area contributed by atoms with Crippen molar-refractivity contribution in [1.29, 1.82) is 0 Å². The monoisotopic (exact) mass is 593 g/mol. The molecule has 0 radical (unpaired) electrons. The molecule has 224 valence electrons. The SMILES string of the molecule is CCCc1c(NC(=O)C=O)c(C(CCCC[P+](=O)OC)C(=O)OCC)c(C)n1Cc1cccc(Cc2ccccc2)c1. The van der Waals surface area contributed by atoms with E-state index in [1.54, 1.807) is 6.92 Å². The van der Waals surface area contributed by atoms with Crippen molar-refractivity contribution in [2.24, 2.45) is 0 Å². The Morgan fingerprint density at radius 3 is 2.40 bits per heavy atom. The summed E-state index contributed by atoms with van der Waals surface area (Å²) >= 11 is 0. The highest BCUT2D eigenvalue weighted by molar-refractivity contribution is 7.39. The highest BCUT2D eigenvalue weighted by atomic mass is 31.1. The molecule has 1 amide bonds. The third kappa shape index (κ3) is 8.94. The molecule has 1 N–H and O–H groups in total. The molecule has 0 aliphatic rings. The number of aromatic nitrogens is 1. The summed E-state index contributed by atoms with van der Waals surface area (Å²) < 4.78 is 24.3. The number of hydrogen-bond donors (Lipinski definition) is 1. The van der Waals surface area contributed by atoms with Crippen molar-refractivity contribution >= 4 is 31.9 Å². The Morgan fingerprint density at radius 1 is 1.02 bits per heavy atom. The fourth-order valence-corrected chi connectivity index (χ4v) is 6.07. The van der Waals surface area contributed by atoms with Gasteiger partial charge in [-0.15, -0.1) is 4.52 Å². The summed E-state index contributed by atoms with van der Waals surface area (Å²) in [5.74, 6) is -1.81. The fourth-order valence-electron chi connectivity index (χ4n) is 5.40. The number of ether oxygens (including phenoxy) is 1. The predicted molar refractivity (Wildman–Crippen MR) is 165 cm³/mol. The van der Waals surface area contributed by atoms with Gasteiger partial charge in [0, 0.05) is 23.5 Å². The first-order valence-electron chi connectivity index (χ1n) is 14.6. The average molecular weight is 594 g/mol. The highest BCUT2D eigenvalue weighted by Gasteiger charge is 2.32. The Morgan fingerprint density at radius 2 is 1.74 bits per heavy atom. The van der Waals surface area contributed by atoms with E-state index in [2.05, 4.69) is 47.1 Å². The number of aldehydes is 1. The van der Waals surface area contributed by atoms with Gasteiger partial charge in [0.1, 0.15) is 0 Å². The molecule has 2 unspecified atom stereocenters. The minimum Gasteiger partial charge on any atom is -0.466 e. The van der Waals surface area contributed by atoms with Crippen LogP contribution in [-0.4, -0.2) is 42.6 Å². The van der Waals surface area contributed by atoms with Crippen LogP contribution in [0.15, 0.2) is 54.6 Å². The minimum atomic E-state index is -1.73. The van der Waals surface area contributed by atoms with Gasteiger partial charge in [0.15, 0.2) is 6.16 Å². The summed E-state index contributed by atoms with van der Waals surface area (Å²) in [6.07, 6.45) is 4.58. The second-order valence-corrected chi connectivity index (χ2v) is 11.8. The van der Waals surface area contributed by atoms with Crippen LogP contribution in [0.4, 0.5) is 5.69 Å². The van der Waals surface area contributed by atoms with Gasteiger partial charge >= 0.3 is 14.0 Å². The van der Waals surface area contributed by atoms with Crippen molar-refractivity contribution in [1.82, 2.24) is 4.57 Å². The first kappa shape index (κ1) is 32.9. The maximum absolute atomic E-state index is 13.3. The van der Waals surface area contributed by atoms with Crippen molar-refractivity contribution in [2.45, 2.75) is 71.8 Å². The molecular formula is C33H42N2O6P+. The number of anilines is 1. The molecular weight excluding hydrogens is 551 g/mol. The van der Waals surface area contributed by atoms with Crippen LogP contribution in [0.3, 0.4) is 0 Å². The van der Waals surface area contributed by atoms with Gasteiger partial charge in [0.2, 0.25) is 6.29 Å². The first-order chi connectivity index (χ1) is 20.3. The maximum Gasteiger partial charge on any atom is 0.507 e. The summed E-state index contributed by atoms with van der Waals surface area (Å²) in [4.78, 5) is 37.2. The molecule has 8 nitrogen and oxygen atoms in total. The third-order valence-electron chi connectivity index (χ3n) is 7.31. The van der Waals surface area contributed by atoms with Crippen molar-refractivity contribution in [2.75, 3.05) is 25.2 Å². The number of nitrogens with zero attached hydrogens (tertiary/aromatic N) is 1. The van der Waals surface area contributed by atoms with Gasteiger partial charge in [-0.2, -0.15) is 0 Å². The quantitative estimate of drug-likeness (QED) is 0.0612. The maximum atomic E-state index is 13.3. The van der Waals surface area contributed by atoms with Gasteiger partial charge in [0.05, 0.1) is 25.3 Å². The van der Waals surface area contributed by atoms with E-state index in [9.17, 15) is 18.9 Å². The average Bonchev–Trinajstić information content (AvgIpc) is 3.23. The second-order valence-electron chi connectivity index (χ2n) is 10.3. The fraction of sp³-hybridized carbons (Fsp3) is 0.424. The standard InChI is InChI=1S/C33H41N2O6P/c1-5-13-29-32(34-30(37)23-36)31(28(33(38)41-6-2)18-10-11-19-42(39)40-4)24(3)35(29)22-27-17-12-16-26(21-27)20-25-14-8-7-9-15-25/h7-9,12,14-17,21,23,28H,5-6,10-11,13,18-20,22H2,1-4H3/p+1. The zero-order valence-corrected chi connectivity index (χ0v) is 26.0. The summed E-state index contributed by atoms with van der Waals surface area (Å²) in [5, 5.41) is 2.80. The molecule has 0 bridgehead atoms. The number of nitrogens with one attached hydrogen (secondary N) is 1. The Balaban J connectivity index is 2.05. The number of hydrogen-bond acceptors (Lipinski definition) is 6. The molecule has 2 aromatic carbocycles. The van der Waals surface area contributed by atoms with E-state index in [4.69, 9.17) is 9.26 Å². The lowest BCUT2D eigenvalue weighted by Gasteiger charge is -2.18. The van der Waals surface area contributed by atoms with Crippen molar-refractivity contribution < 1.29 is 28.2 Å². The van der Waals surface area contributed by atoms with E-state index in [1.807, 2.05) is 31.2 Å². The van der Waals surface area contributed by atoms with Gasteiger partial charge in [-0.05, 0) is 67.2 Å². The smallest absolute Gasteiger partial charge is 0.466 e. The third-order valence-corrected chi connectivity index (χ3v) is 8.40. The van der Waals surface area contributed by atoms with E-state index >= 15 is 0 Å². The van der Waals surface area contributed by atoms with E-state index in [0.717, 1.165) is 29.8 Å². The molecule has 9 heteroatoms. The number of unbranched alkanes of at least 4 members (excludes halogenated alkanes) is 1. The predicted octanol–water partition coefficient (Wildman–Crippen LogP) is 6.73. The van der Waals surface area contributed by atoms with E-state index in [1.165, 1.54) is 18.2 Å². The van der Waals surface area contributed by atoms with E-state index in [0.29, 0.717) is 49.6 Å². The van der Waals surface area contributed by atoms with Crippen LogP contribution in [0, 0.1) is 6.92 Å². The van der Waals surface area contributed by atoms with Crippen LogP contribution in [0.5, 0.6) is 0 Å². The molecule has 1 aromatic heterocycles. The molecule has 2 atom stereocenters.